The third kappa shape index (κ3) is 1.53. The largest absolute Gasteiger partial charge is 0.481 e. The lowest BCUT2D eigenvalue weighted by atomic mass is 10.1. The molecule has 0 aromatic carbocycles. The number of ether oxygens (including phenoxy) is 1. The molecular weight excluding hydrogens is 162 g/mol. The Morgan fingerprint density at radius 1 is 1.38 bits per heavy atom. The summed E-state index contributed by atoms with van der Waals surface area (Å²) in [7, 11) is 1.70. The predicted octanol–water partition coefficient (Wildman–Crippen LogP) is 2.58. The Hall–Kier alpha value is -1.05. The molecule has 1 aliphatic carbocycles. The number of aromatic nitrogens is 1. The fourth-order valence-corrected chi connectivity index (χ4v) is 1.84. The Balaban J connectivity index is 2.50. The van der Waals surface area contributed by atoms with Crippen molar-refractivity contribution in [2.45, 2.75) is 32.6 Å². The zero-order chi connectivity index (χ0) is 9.42. The van der Waals surface area contributed by atoms with Gasteiger partial charge in [-0.1, -0.05) is 0 Å². The lowest BCUT2D eigenvalue weighted by Crippen LogP contribution is -1.98. The van der Waals surface area contributed by atoms with E-state index in [9.17, 15) is 0 Å². The van der Waals surface area contributed by atoms with Gasteiger partial charge >= 0.3 is 0 Å². The first-order valence-electron chi connectivity index (χ1n) is 4.74. The molecule has 13 heavy (non-hydrogen) atoms. The van der Waals surface area contributed by atoms with Crippen LogP contribution in [-0.2, 0) is 0 Å². The molecule has 0 atom stereocenters. The van der Waals surface area contributed by atoms with Crippen molar-refractivity contribution in [3.8, 4) is 5.88 Å². The molecule has 0 radical (unpaired) electrons. The van der Waals surface area contributed by atoms with E-state index in [2.05, 4.69) is 18.0 Å². The summed E-state index contributed by atoms with van der Waals surface area (Å²) in [6, 6.07) is 2.14. The Morgan fingerprint density at radius 3 is 2.62 bits per heavy atom. The first-order valence-corrected chi connectivity index (χ1v) is 4.74. The highest BCUT2D eigenvalue weighted by Gasteiger charge is 2.29. The van der Waals surface area contributed by atoms with Gasteiger partial charge in [-0.2, -0.15) is 0 Å². The number of hydrogen-bond donors (Lipinski definition) is 0. The van der Waals surface area contributed by atoms with Crippen molar-refractivity contribution in [1.82, 2.24) is 4.98 Å². The molecule has 0 unspecified atom stereocenters. The Labute approximate surface area is 78.9 Å². The van der Waals surface area contributed by atoms with Crippen molar-refractivity contribution in [2.24, 2.45) is 0 Å². The fraction of sp³-hybridized carbons (Fsp3) is 0.545. The minimum atomic E-state index is 0.711. The van der Waals surface area contributed by atoms with E-state index in [1.807, 2.05) is 6.92 Å². The summed E-state index contributed by atoms with van der Waals surface area (Å²) in [5.41, 5.74) is 3.69. The van der Waals surface area contributed by atoms with Gasteiger partial charge in [0.1, 0.15) is 0 Å². The normalized spacial score (nSPS) is 15.9. The SMILES string of the molecule is COc1nc(C)cc(C)c1C1CC1. The van der Waals surface area contributed by atoms with Crippen molar-refractivity contribution in [3.05, 3.63) is 22.9 Å². The third-order valence-electron chi connectivity index (χ3n) is 2.54. The van der Waals surface area contributed by atoms with E-state index in [-0.39, 0.29) is 0 Å². The highest BCUT2D eigenvalue weighted by Crippen LogP contribution is 2.45. The van der Waals surface area contributed by atoms with Crippen LogP contribution in [0.3, 0.4) is 0 Å². The van der Waals surface area contributed by atoms with Gasteiger partial charge in [-0.15, -0.1) is 0 Å². The van der Waals surface area contributed by atoms with Crippen LogP contribution < -0.4 is 4.74 Å². The van der Waals surface area contributed by atoms with E-state index in [0.717, 1.165) is 11.6 Å². The fourth-order valence-electron chi connectivity index (χ4n) is 1.84. The van der Waals surface area contributed by atoms with E-state index in [0.29, 0.717) is 5.92 Å². The average Bonchev–Trinajstić information content (AvgIpc) is 2.86. The molecule has 1 saturated carbocycles. The van der Waals surface area contributed by atoms with Crippen LogP contribution in [0.5, 0.6) is 5.88 Å². The highest BCUT2D eigenvalue weighted by atomic mass is 16.5. The molecule has 1 heterocycles. The summed E-state index contributed by atoms with van der Waals surface area (Å²) in [4.78, 5) is 4.39. The number of hydrogen-bond acceptors (Lipinski definition) is 2. The van der Waals surface area contributed by atoms with Crippen LogP contribution >= 0.6 is 0 Å². The molecular formula is C11H15NO. The minimum Gasteiger partial charge on any atom is -0.481 e. The van der Waals surface area contributed by atoms with Gasteiger partial charge in [0.2, 0.25) is 5.88 Å². The second kappa shape index (κ2) is 3.02. The predicted molar refractivity (Wildman–Crippen MR) is 52.2 cm³/mol. The third-order valence-corrected chi connectivity index (χ3v) is 2.54. The number of aryl methyl sites for hydroxylation is 2. The maximum Gasteiger partial charge on any atom is 0.217 e. The molecule has 1 fully saturated rings. The minimum absolute atomic E-state index is 0.711. The van der Waals surface area contributed by atoms with Crippen LogP contribution in [0, 0.1) is 13.8 Å². The molecule has 70 valence electrons. The monoisotopic (exact) mass is 177 g/mol. The number of methoxy groups -OCH3 is 1. The number of rotatable bonds is 2. The molecule has 0 bridgehead atoms. The van der Waals surface area contributed by atoms with Crippen molar-refractivity contribution < 1.29 is 4.74 Å². The average molecular weight is 177 g/mol. The lowest BCUT2D eigenvalue weighted by molar-refractivity contribution is 0.391. The Kier molecular flexibility index (Phi) is 1.98. The summed E-state index contributed by atoms with van der Waals surface area (Å²) < 4.78 is 5.30. The Bertz CT molecular complexity index is 329. The lowest BCUT2D eigenvalue weighted by Gasteiger charge is -2.10. The van der Waals surface area contributed by atoms with Gasteiger partial charge in [0.25, 0.3) is 0 Å². The van der Waals surface area contributed by atoms with Gasteiger partial charge in [-0.3, -0.25) is 0 Å². The van der Waals surface area contributed by atoms with E-state index in [1.54, 1.807) is 7.11 Å². The molecule has 0 amide bonds. The molecule has 2 rings (SSSR count). The summed E-state index contributed by atoms with van der Waals surface area (Å²) in [6.45, 7) is 4.15. The second-order valence-corrected chi connectivity index (χ2v) is 3.78. The van der Waals surface area contributed by atoms with Gasteiger partial charge in [0.15, 0.2) is 0 Å². The van der Waals surface area contributed by atoms with Crippen LogP contribution in [0.15, 0.2) is 6.07 Å². The molecule has 0 N–H and O–H groups in total. The van der Waals surface area contributed by atoms with Crippen LogP contribution in [0.2, 0.25) is 0 Å². The second-order valence-electron chi connectivity index (χ2n) is 3.78. The van der Waals surface area contributed by atoms with Crippen molar-refractivity contribution in [2.75, 3.05) is 7.11 Å². The topological polar surface area (TPSA) is 22.1 Å². The van der Waals surface area contributed by atoms with E-state index >= 15 is 0 Å². The van der Waals surface area contributed by atoms with Gasteiger partial charge in [0, 0.05) is 11.3 Å². The van der Waals surface area contributed by atoms with E-state index in [1.165, 1.54) is 24.0 Å². The van der Waals surface area contributed by atoms with E-state index < -0.39 is 0 Å². The highest BCUT2D eigenvalue weighted by molar-refractivity contribution is 5.40. The molecule has 1 aliphatic rings. The van der Waals surface area contributed by atoms with Gasteiger partial charge < -0.3 is 4.74 Å². The maximum atomic E-state index is 5.30. The molecule has 2 nitrogen and oxygen atoms in total. The molecule has 2 heteroatoms. The summed E-state index contributed by atoms with van der Waals surface area (Å²) >= 11 is 0. The summed E-state index contributed by atoms with van der Waals surface area (Å²) in [5, 5.41) is 0. The maximum absolute atomic E-state index is 5.30. The molecule has 1 aromatic rings. The Morgan fingerprint density at radius 2 is 2.08 bits per heavy atom. The van der Waals surface area contributed by atoms with Crippen LogP contribution in [0.4, 0.5) is 0 Å². The van der Waals surface area contributed by atoms with Crippen LogP contribution in [-0.4, -0.2) is 12.1 Å². The number of nitrogens with zero attached hydrogens (tertiary/aromatic N) is 1. The molecule has 0 spiro atoms. The van der Waals surface area contributed by atoms with Crippen LogP contribution in [0.25, 0.3) is 0 Å². The molecule has 0 aliphatic heterocycles. The summed E-state index contributed by atoms with van der Waals surface area (Å²) in [6.07, 6.45) is 2.59. The van der Waals surface area contributed by atoms with Crippen molar-refractivity contribution in [3.63, 3.8) is 0 Å². The smallest absolute Gasteiger partial charge is 0.217 e. The van der Waals surface area contributed by atoms with Crippen LogP contribution in [0.1, 0.15) is 35.6 Å². The van der Waals surface area contributed by atoms with Gasteiger partial charge in [-0.05, 0) is 44.2 Å². The first kappa shape index (κ1) is 8.54. The standard InChI is InChI=1S/C11H15NO/c1-7-6-8(2)12-11(13-3)10(7)9-4-5-9/h6,9H,4-5H2,1-3H3. The van der Waals surface area contributed by atoms with Crippen molar-refractivity contribution in [1.29, 1.82) is 0 Å². The van der Waals surface area contributed by atoms with Gasteiger partial charge in [0.05, 0.1) is 7.11 Å². The zero-order valence-electron chi connectivity index (χ0n) is 8.42. The molecule has 0 saturated heterocycles. The zero-order valence-corrected chi connectivity index (χ0v) is 8.42. The quantitative estimate of drug-likeness (QED) is 0.692. The van der Waals surface area contributed by atoms with Crippen molar-refractivity contribution >= 4 is 0 Å². The van der Waals surface area contributed by atoms with E-state index in [4.69, 9.17) is 4.74 Å². The number of pyridine rings is 1. The molecule has 1 aromatic heterocycles. The summed E-state index contributed by atoms with van der Waals surface area (Å²) in [5.74, 6) is 1.54. The first-order chi connectivity index (χ1) is 6.22. The van der Waals surface area contributed by atoms with Gasteiger partial charge in [-0.25, -0.2) is 4.98 Å².